The molecule has 2 aromatic rings. The second-order valence-corrected chi connectivity index (χ2v) is 7.21. The van der Waals surface area contributed by atoms with Crippen LogP contribution in [0.15, 0.2) is 36.4 Å². The Labute approximate surface area is 185 Å². The molecule has 6 nitrogen and oxygen atoms in total. The largest absolute Gasteiger partial charge is 0.394 e. The molecule has 2 amide bonds. The van der Waals surface area contributed by atoms with Crippen LogP contribution < -0.4 is 10.2 Å². The van der Waals surface area contributed by atoms with Crippen molar-refractivity contribution in [3.05, 3.63) is 71.1 Å². The van der Waals surface area contributed by atoms with Gasteiger partial charge in [-0.05, 0) is 18.2 Å². The smallest absolute Gasteiger partial charge is 0.247 e. The molecular formula is C22H20F5N3O3. The van der Waals surface area contributed by atoms with Crippen molar-refractivity contribution in [2.24, 2.45) is 0 Å². The summed E-state index contributed by atoms with van der Waals surface area (Å²) >= 11 is 0. The zero-order valence-electron chi connectivity index (χ0n) is 17.2. The minimum Gasteiger partial charge on any atom is -0.394 e. The molecule has 1 atom stereocenters. The van der Waals surface area contributed by atoms with Crippen molar-refractivity contribution in [1.29, 1.82) is 0 Å². The number of aliphatic hydroxyl groups excluding tert-OH is 1. The number of halogens is 5. The Kier molecular flexibility index (Phi) is 7.64. The number of benzene rings is 2. The van der Waals surface area contributed by atoms with Crippen LogP contribution >= 0.6 is 0 Å². The van der Waals surface area contributed by atoms with Crippen molar-refractivity contribution in [1.82, 2.24) is 10.2 Å². The van der Waals surface area contributed by atoms with Gasteiger partial charge in [-0.3, -0.25) is 9.59 Å². The highest BCUT2D eigenvalue weighted by Crippen LogP contribution is 2.24. The first-order valence-corrected chi connectivity index (χ1v) is 9.94. The van der Waals surface area contributed by atoms with E-state index >= 15 is 0 Å². The van der Waals surface area contributed by atoms with E-state index < -0.39 is 59.1 Å². The Morgan fingerprint density at radius 1 is 0.909 bits per heavy atom. The topological polar surface area (TPSA) is 72.9 Å². The molecule has 0 bridgehead atoms. The molecule has 3 rings (SSSR count). The van der Waals surface area contributed by atoms with E-state index in [1.807, 2.05) is 30.3 Å². The molecule has 1 fully saturated rings. The number of anilines is 1. The second-order valence-electron chi connectivity index (χ2n) is 7.21. The predicted octanol–water partition coefficient (Wildman–Crippen LogP) is 2.22. The predicted molar refractivity (Wildman–Crippen MR) is 110 cm³/mol. The highest BCUT2D eigenvalue weighted by molar-refractivity contribution is 5.95. The van der Waals surface area contributed by atoms with Gasteiger partial charge in [0.05, 0.1) is 12.2 Å². The lowest BCUT2D eigenvalue weighted by atomic mass is 10.1. The molecule has 33 heavy (non-hydrogen) atoms. The molecule has 1 saturated heterocycles. The number of rotatable bonds is 6. The van der Waals surface area contributed by atoms with E-state index in [-0.39, 0.29) is 0 Å². The lowest BCUT2D eigenvalue weighted by molar-refractivity contribution is -0.137. The van der Waals surface area contributed by atoms with E-state index in [0.29, 0.717) is 38.3 Å². The number of nitrogens with one attached hydrogen (secondary N) is 1. The van der Waals surface area contributed by atoms with Gasteiger partial charge < -0.3 is 20.2 Å². The summed E-state index contributed by atoms with van der Waals surface area (Å²) in [6.45, 7) is 0.977. The van der Waals surface area contributed by atoms with E-state index in [0.717, 1.165) is 5.69 Å². The van der Waals surface area contributed by atoms with E-state index in [1.54, 1.807) is 0 Å². The van der Waals surface area contributed by atoms with Gasteiger partial charge in [-0.25, -0.2) is 22.0 Å². The zero-order chi connectivity index (χ0) is 24.1. The quantitative estimate of drug-likeness (QED) is 0.295. The summed E-state index contributed by atoms with van der Waals surface area (Å²) in [5.74, 6) is -12.4. The van der Waals surface area contributed by atoms with Crippen LogP contribution in [0.5, 0.6) is 0 Å². The Balaban J connectivity index is 1.62. The summed E-state index contributed by atoms with van der Waals surface area (Å²) < 4.78 is 67.0. The first-order valence-electron chi connectivity index (χ1n) is 9.94. The van der Waals surface area contributed by atoms with Gasteiger partial charge in [-0.1, -0.05) is 18.2 Å². The van der Waals surface area contributed by atoms with Crippen LogP contribution in [-0.2, 0) is 9.59 Å². The summed E-state index contributed by atoms with van der Waals surface area (Å²) in [5, 5.41) is 11.7. The number of para-hydroxylation sites is 1. The van der Waals surface area contributed by atoms with Crippen LogP contribution in [0.3, 0.4) is 0 Å². The number of nitrogens with zero attached hydrogens (tertiary/aromatic N) is 2. The minimum absolute atomic E-state index is 0.334. The van der Waals surface area contributed by atoms with E-state index in [2.05, 4.69) is 10.2 Å². The maximum atomic E-state index is 13.7. The summed E-state index contributed by atoms with van der Waals surface area (Å²) in [6.07, 6.45) is 0.921. The summed E-state index contributed by atoms with van der Waals surface area (Å²) in [6, 6.07) is 8.20. The van der Waals surface area contributed by atoms with Gasteiger partial charge in [-0.2, -0.15) is 0 Å². The Morgan fingerprint density at radius 2 is 1.45 bits per heavy atom. The number of aliphatic hydroxyl groups is 1. The molecule has 11 heteroatoms. The number of hydrogen-bond donors (Lipinski definition) is 2. The van der Waals surface area contributed by atoms with Gasteiger partial charge in [0, 0.05) is 37.9 Å². The zero-order valence-corrected chi connectivity index (χ0v) is 17.2. The van der Waals surface area contributed by atoms with Crippen LogP contribution in [0.25, 0.3) is 6.08 Å². The third-order valence-electron chi connectivity index (χ3n) is 5.15. The van der Waals surface area contributed by atoms with Gasteiger partial charge in [-0.15, -0.1) is 0 Å². The first kappa shape index (κ1) is 24.2. The van der Waals surface area contributed by atoms with Gasteiger partial charge >= 0.3 is 0 Å². The number of carbonyl (C=O) groups is 2. The van der Waals surface area contributed by atoms with Crippen molar-refractivity contribution in [3.63, 3.8) is 0 Å². The van der Waals surface area contributed by atoms with Crippen molar-refractivity contribution in [2.45, 2.75) is 6.04 Å². The molecule has 2 aromatic carbocycles. The SMILES string of the molecule is O=C(C=Cc1c(F)c(F)c(F)c(F)c1F)N[C@@H](CO)C(=O)N1CCN(c2ccccc2)CC1. The first-order chi connectivity index (χ1) is 15.7. The van der Waals surface area contributed by atoms with Gasteiger partial charge in [0.1, 0.15) is 6.04 Å². The molecule has 1 aliphatic heterocycles. The number of carbonyl (C=O) groups excluding carboxylic acids is 2. The Hall–Kier alpha value is -3.47. The van der Waals surface area contributed by atoms with Crippen LogP contribution in [0.2, 0.25) is 0 Å². The normalized spacial score (nSPS) is 15.1. The van der Waals surface area contributed by atoms with Gasteiger partial charge in [0.25, 0.3) is 0 Å². The van der Waals surface area contributed by atoms with Crippen LogP contribution in [0.1, 0.15) is 5.56 Å². The van der Waals surface area contributed by atoms with Crippen molar-refractivity contribution in [2.75, 3.05) is 37.7 Å². The van der Waals surface area contributed by atoms with Crippen LogP contribution in [0, 0.1) is 29.1 Å². The minimum atomic E-state index is -2.31. The molecule has 0 aromatic heterocycles. The fourth-order valence-corrected chi connectivity index (χ4v) is 3.38. The molecule has 0 aliphatic carbocycles. The third-order valence-corrected chi connectivity index (χ3v) is 5.15. The molecule has 1 heterocycles. The maximum absolute atomic E-state index is 13.7. The average molecular weight is 469 g/mol. The van der Waals surface area contributed by atoms with Crippen LogP contribution in [0.4, 0.5) is 27.6 Å². The van der Waals surface area contributed by atoms with Gasteiger partial charge in [0.15, 0.2) is 23.3 Å². The fourth-order valence-electron chi connectivity index (χ4n) is 3.38. The standard InChI is InChI=1S/C22H20F5N3O3/c23-17-14(18(24)20(26)21(27)19(17)25)6-7-16(32)28-15(12-31)22(33)30-10-8-29(9-11-30)13-4-2-1-3-5-13/h1-7,15,31H,8-12H2,(H,28,32)/t15-/m0/s1. The molecule has 0 radical (unpaired) electrons. The number of amides is 2. The molecule has 1 aliphatic rings. The maximum Gasteiger partial charge on any atom is 0.247 e. The Bertz CT molecular complexity index is 1030. The molecular weight excluding hydrogens is 449 g/mol. The second kappa shape index (κ2) is 10.4. The average Bonchev–Trinajstić information content (AvgIpc) is 2.85. The third kappa shape index (κ3) is 5.30. The molecule has 0 unspecified atom stereocenters. The molecule has 0 saturated carbocycles. The van der Waals surface area contributed by atoms with Crippen molar-refractivity contribution in [3.8, 4) is 0 Å². The Morgan fingerprint density at radius 3 is 2.00 bits per heavy atom. The van der Waals surface area contributed by atoms with E-state index in [1.165, 1.54) is 4.90 Å². The van der Waals surface area contributed by atoms with Crippen molar-refractivity contribution < 1.29 is 36.6 Å². The lowest BCUT2D eigenvalue weighted by Crippen LogP contribution is -2.56. The highest BCUT2D eigenvalue weighted by atomic mass is 19.2. The van der Waals surface area contributed by atoms with E-state index in [9.17, 15) is 36.6 Å². The number of hydrogen-bond acceptors (Lipinski definition) is 4. The monoisotopic (exact) mass is 469 g/mol. The summed E-state index contributed by atoms with van der Waals surface area (Å²) in [5.41, 5.74) is -0.305. The van der Waals surface area contributed by atoms with Crippen molar-refractivity contribution >= 4 is 23.6 Å². The van der Waals surface area contributed by atoms with Gasteiger partial charge in [0.2, 0.25) is 17.6 Å². The highest BCUT2D eigenvalue weighted by Gasteiger charge is 2.28. The number of piperazine rings is 1. The van der Waals surface area contributed by atoms with Crippen LogP contribution in [-0.4, -0.2) is 60.6 Å². The fraction of sp³-hybridized carbons (Fsp3) is 0.273. The summed E-state index contributed by atoms with van der Waals surface area (Å²) in [7, 11) is 0. The molecule has 0 spiro atoms. The lowest BCUT2D eigenvalue weighted by Gasteiger charge is -2.37. The molecule has 176 valence electrons. The van der Waals surface area contributed by atoms with E-state index in [4.69, 9.17) is 0 Å². The summed E-state index contributed by atoms with van der Waals surface area (Å²) in [4.78, 5) is 28.3. The molecule has 2 N–H and O–H groups in total.